The molecular formula is C14H19N5. The van der Waals surface area contributed by atoms with Crippen molar-refractivity contribution in [2.24, 2.45) is 7.05 Å². The van der Waals surface area contributed by atoms with Crippen LogP contribution < -0.4 is 9.80 Å². The first-order valence-electron chi connectivity index (χ1n) is 6.63. The predicted octanol–water partition coefficient (Wildman–Crippen LogP) is 1.45. The molecule has 1 aliphatic heterocycles. The predicted molar refractivity (Wildman–Crippen MR) is 76.6 cm³/mol. The smallest absolute Gasteiger partial charge is 0.0753 e. The van der Waals surface area contributed by atoms with Crippen LogP contribution in [0.15, 0.2) is 30.7 Å². The summed E-state index contributed by atoms with van der Waals surface area (Å²) in [6.45, 7) is 6.19. The SMILES string of the molecule is Cc1cc(N2CCN(c3cnn(C)c3)CC2)ccn1. The van der Waals surface area contributed by atoms with Gasteiger partial charge in [0.15, 0.2) is 0 Å². The molecule has 0 amide bonds. The molecule has 2 aromatic rings. The van der Waals surface area contributed by atoms with Gasteiger partial charge in [-0.15, -0.1) is 0 Å². The van der Waals surface area contributed by atoms with E-state index in [1.54, 1.807) is 0 Å². The van der Waals surface area contributed by atoms with E-state index in [-0.39, 0.29) is 0 Å². The third kappa shape index (κ3) is 2.54. The van der Waals surface area contributed by atoms with Gasteiger partial charge in [-0.3, -0.25) is 9.67 Å². The molecule has 0 atom stereocenters. The Kier molecular flexibility index (Phi) is 3.11. The van der Waals surface area contributed by atoms with Crippen LogP contribution in [0.1, 0.15) is 5.69 Å². The van der Waals surface area contributed by atoms with Gasteiger partial charge in [-0.1, -0.05) is 0 Å². The number of pyridine rings is 1. The summed E-state index contributed by atoms with van der Waals surface area (Å²) in [7, 11) is 1.96. The molecule has 0 radical (unpaired) electrons. The van der Waals surface area contributed by atoms with E-state index in [0.29, 0.717) is 0 Å². The second-order valence-electron chi connectivity index (χ2n) is 5.00. The van der Waals surface area contributed by atoms with Gasteiger partial charge >= 0.3 is 0 Å². The third-order valence-corrected chi connectivity index (χ3v) is 3.58. The van der Waals surface area contributed by atoms with E-state index in [1.165, 1.54) is 11.4 Å². The lowest BCUT2D eigenvalue weighted by atomic mass is 10.2. The van der Waals surface area contributed by atoms with Crippen molar-refractivity contribution in [1.29, 1.82) is 0 Å². The molecule has 5 nitrogen and oxygen atoms in total. The lowest BCUT2D eigenvalue weighted by Gasteiger charge is -2.36. The minimum Gasteiger partial charge on any atom is -0.368 e. The van der Waals surface area contributed by atoms with Gasteiger partial charge in [0.25, 0.3) is 0 Å². The largest absolute Gasteiger partial charge is 0.368 e. The van der Waals surface area contributed by atoms with Crippen LogP contribution in [0.2, 0.25) is 0 Å². The first kappa shape index (κ1) is 12.0. The minimum atomic E-state index is 1.03. The van der Waals surface area contributed by atoms with Gasteiger partial charge in [-0.05, 0) is 19.1 Å². The van der Waals surface area contributed by atoms with Gasteiger partial charge < -0.3 is 9.80 Å². The molecule has 2 aromatic heterocycles. The summed E-state index contributed by atoms with van der Waals surface area (Å²) < 4.78 is 1.86. The quantitative estimate of drug-likeness (QED) is 0.816. The van der Waals surface area contributed by atoms with Crippen LogP contribution in [0, 0.1) is 6.92 Å². The van der Waals surface area contributed by atoms with E-state index in [1.807, 2.05) is 31.0 Å². The Morgan fingerprint density at radius 2 is 1.74 bits per heavy atom. The lowest BCUT2D eigenvalue weighted by molar-refractivity contribution is 0.652. The van der Waals surface area contributed by atoms with E-state index in [0.717, 1.165) is 31.9 Å². The molecule has 0 aromatic carbocycles. The summed E-state index contributed by atoms with van der Waals surface area (Å²) in [6, 6.07) is 4.24. The number of rotatable bonds is 2. The number of aryl methyl sites for hydroxylation is 2. The van der Waals surface area contributed by atoms with Crippen LogP contribution >= 0.6 is 0 Å². The molecule has 1 fully saturated rings. The van der Waals surface area contributed by atoms with Gasteiger partial charge in [0, 0.05) is 57.0 Å². The van der Waals surface area contributed by atoms with Gasteiger partial charge in [-0.25, -0.2) is 0 Å². The van der Waals surface area contributed by atoms with Crippen LogP contribution in [0.3, 0.4) is 0 Å². The van der Waals surface area contributed by atoms with Gasteiger partial charge in [0.2, 0.25) is 0 Å². The molecule has 0 spiro atoms. The zero-order chi connectivity index (χ0) is 13.2. The fraction of sp³-hybridized carbons (Fsp3) is 0.429. The van der Waals surface area contributed by atoms with E-state index in [2.05, 4.69) is 38.2 Å². The molecule has 1 saturated heterocycles. The summed E-state index contributed by atoms with van der Waals surface area (Å²) >= 11 is 0. The zero-order valence-electron chi connectivity index (χ0n) is 11.5. The number of hydrogen-bond acceptors (Lipinski definition) is 4. The second-order valence-corrected chi connectivity index (χ2v) is 5.00. The summed E-state index contributed by atoms with van der Waals surface area (Å²) in [5, 5.41) is 4.23. The van der Waals surface area contributed by atoms with E-state index < -0.39 is 0 Å². The van der Waals surface area contributed by atoms with Crippen molar-refractivity contribution in [1.82, 2.24) is 14.8 Å². The van der Waals surface area contributed by atoms with Crippen molar-refractivity contribution >= 4 is 11.4 Å². The molecule has 19 heavy (non-hydrogen) atoms. The maximum Gasteiger partial charge on any atom is 0.0753 e. The van der Waals surface area contributed by atoms with E-state index in [4.69, 9.17) is 0 Å². The Morgan fingerprint density at radius 1 is 1.05 bits per heavy atom. The van der Waals surface area contributed by atoms with Crippen LogP contribution in [0.5, 0.6) is 0 Å². The van der Waals surface area contributed by atoms with Gasteiger partial charge in [0.1, 0.15) is 0 Å². The fourth-order valence-electron chi connectivity index (χ4n) is 2.52. The molecule has 1 aliphatic rings. The molecule has 0 N–H and O–H groups in total. The number of anilines is 2. The topological polar surface area (TPSA) is 37.2 Å². The molecule has 5 heteroatoms. The van der Waals surface area contributed by atoms with Crippen molar-refractivity contribution in [2.45, 2.75) is 6.92 Å². The second kappa shape index (κ2) is 4.91. The first-order valence-corrected chi connectivity index (χ1v) is 6.63. The monoisotopic (exact) mass is 257 g/mol. The van der Waals surface area contributed by atoms with Gasteiger partial charge in [-0.2, -0.15) is 5.10 Å². The maximum absolute atomic E-state index is 4.25. The third-order valence-electron chi connectivity index (χ3n) is 3.58. The molecule has 3 rings (SSSR count). The Bertz CT molecular complexity index is 554. The summed E-state index contributed by atoms with van der Waals surface area (Å²) in [4.78, 5) is 9.06. The van der Waals surface area contributed by atoms with Crippen molar-refractivity contribution < 1.29 is 0 Å². The maximum atomic E-state index is 4.25. The lowest BCUT2D eigenvalue weighted by Crippen LogP contribution is -2.46. The first-order chi connectivity index (χ1) is 9.22. The molecule has 0 saturated carbocycles. The van der Waals surface area contributed by atoms with Crippen LogP contribution in [-0.4, -0.2) is 40.9 Å². The highest BCUT2D eigenvalue weighted by Crippen LogP contribution is 2.19. The molecule has 100 valence electrons. The zero-order valence-corrected chi connectivity index (χ0v) is 11.5. The van der Waals surface area contributed by atoms with Crippen LogP contribution in [-0.2, 0) is 7.05 Å². The summed E-state index contributed by atoms with van der Waals surface area (Å²) in [6.07, 6.45) is 5.90. The highest BCUT2D eigenvalue weighted by atomic mass is 15.3. The van der Waals surface area contributed by atoms with Gasteiger partial charge in [0.05, 0.1) is 11.9 Å². The number of hydrogen-bond donors (Lipinski definition) is 0. The minimum absolute atomic E-state index is 1.03. The number of aromatic nitrogens is 3. The van der Waals surface area contributed by atoms with Crippen molar-refractivity contribution in [3.63, 3.8) is 0 Å². The standard InChI is InChI=1S/C14H19N5/c1-12-9-13(3-4-15-12)18-5-7-19(8-6-18)14-10-16-17(2)11-14/h3-4,9-11H,5-8H2,1-2H3. The van der Waals surface area contributed by atoms with Crippen molar-refractivity contribution in [3.8, 4) is 0 Å². The molecule has 0 aliphatic carbocycles. The highest BCUT2D eigenvalue weighted by Gasteiger charge is 2.18. The molecular weight excluding hydrogens is 238 g/mol. The average Bonchev–Trinajstić information content (AvgIpc) is 2.86. The fourth-order valence-corrected chi connectivity index (χ4v) is 2.52. The Balaban J connectivity index is 1.66. The summed E-state index contributed by atoms with van der Waals surface area (Å²) in [5.74, 6) is 0. The Morgan fingerprint density at radius 3 is 2.32 bits per heavy atom. The molecule has 3 heterocycles. The highest BCUT2D eigenvalue weighted by molar-refractivity contribution is 5.50. The number of nitrogens with zero attached hydrogens (tertiary/aromatic N) is 5. The summed E-state index contributed by atoms with van der Waals surface area (Å²) in [5.41, 5.74) is 3.57. The normalized spacial score (nSPS) is 15.9. The molecule has 0 unspecified atom stereocenters. The van der Waals surface area contributed by atoms with E-state index in [9.17, 15) is 0 Å². The molecule has 0 bridgehead atoms. The van der Waals surface area contributed by atoms with Crippen LogP contribution in [0.25, 0.3) is 0 Å². The Hall–Kier alpha value is -2.04. The number of piperazine rings is 1. The van der Waals surface area contributed by atoms with Crippen molar-refractivity contribution in [2.75, 3.05) is 36.0 Å². The van der Waals surface area contributed by atoms with E-state index >= 15 is 0 Å². The Labute approximate surface area is 113 Å². The average molecular weight is 257 g/mol. The van der Waals surface area contributed by atoms with Crippen LogP contribution in [0.4, 0.5) is 11.4 Å². The van der Waals surface area contributed by atoms with Crippen molar-refractivity contribution in [3.05, 3.63) is 36.4 Å².